The minimum atomic E-state index is -4.88. The Morgan fingerprint density at radius 3 is 1.18 bits per heavy atom. The third-order valence-corrected chi connectivity index (χ3v) is 8.83. The van der Waals surface area contributed by atoms with Gasteiger partial charge in [-0.3, -0.25) is 39.4 Å². The van der Waals surface area contributed by atoms with Crippen LogP contribution in [0.3, 0.4) is 0 Å². The number of nitrogens with zero attached hydrogens (tertiary/aromatic N) is 6. The van der Waals surface area contributed by atoms with Gasteiger partial charge in [0.15, 0.2) is 11.4 Å². The summed E-state index contributed by atoms with van der Waals surface area (Å²) in [6.07, 6.45) is -0.772. The quantitative estimate of drug-likeness (QED) is 0.0359. The molecule has 27 heteroatoms. The number of rotatable bonds is 16. The van der Waals surface area contributed by atoms with E-state index in [1.165, 1.54) is 64.5 Å². The molecular formula is C34H30BaN8O16S2. The van der Waals surface area contributed by atoms with Gasteiger partial charge in [-0.25, -0.2) is 16.8 Å². The molecule has 0 spiro atoms. The molecule has 0 fully saturated rings. The third kappa shape index (κ3) is 15.9. The standard InChI is InChI=1S/2C17H16N4O8S.Ba/c2*1-10(22)7-17(23)18-14-8-11(29-2)3-5-13(14)19-20-15-9-12(30(26,27)28)4-6-16(15)21(24)25;/h2*3-6,8-9H,7H2,1-2H3,(H,18,23)(H,26,27,28);/q;;+2/p-2. The van der Waals surface area contributed by atoms with E-state index in [9.17, 15) is 65.3 Å². The Morgan fingerprint density at radius 2 is 0.902 bits per heavy atom. The smallest absolute Gasteiger partial charge is 0.744 e. The van der Waals surface area contributed by atoms with Crippen molar-refractivity contribution >= 4 is 138 Å². The van der Waals surface area contributed by atoms with Crippen molar-refractivity contribution in [3.63, 3.8) is 0 Å². The van der Waals surface area contributed by atoms with Crippen LogP contribution in [0.2, 0.25) is 0 Å². The summed E-state index contributed by atoms with van der Waals surface area (Å²) in [6, 6.07) is 13.2. The number of Topliss-reactive ketones (excluding diaryl/α,β-unsaturated/α-hetero) is 2. The first-order valence-electron chi connectivity index (χ1n) is 16.3. The van der Waals surface area contributed by atoms with Gasteiger partial charge in [0.1, 0.15) is 54.7 Å². The van der Waals surface area contributed by atoms with Gasteiger partial charge in [-0.05, 0) is 62.4 Å². The zero-order valence-electron chi connectivity index (χ0n) is 32.1. The predicted octanol–water partition coefficient (Wildman–Crippen LogP) is 5.30. The number of nitro groups is 2. The first-order chi connectivity index (χ1) is 28.0. The second kappa shape index (κ2) is 22.7. The summed E-state index contributed by atoms with van der Waals surface area (Å²) in [7, 11) is -6.98. The molecule has 316 valence electrons. The molecule has 0 aliphatic heterocycles. The molecule has 0 unspecified atom stereocenters. The van der Waals surface area contributed by atoms with Crippen molar-refractivity contribution < 1.29 is 64.4 Å². The summed E-state index contributed by atoms with van der Waals surface area (Å²) in [6.45, 7) is 2.48. The number of nitro benzene ring substituents is 2. The molecule has 0 atom stereocenters. The number of azo groups is 2. The van der Waals surface area contributed by atoms with E-state index in [4.69, 9.17) is 9.47 Å². The number of benzene rings is 4. The fourth-order valence-electron chi connectivity index (χ4n) is 4.50. The third-order valence-electron chi connectivity index (χ3n) is 7.17. The Hall–Kier alpha value is -5.85. The Morgan fingerprint density at radius 1 is 0.574 bits per heavy atom. The minimum absolute atomic E-state index is 0. The van der Waals surface area contributed by atoms with Crippen molar-refractivity contribution in [1.82, 2.24) is 0 Å². The molecular weight excluding hydrogens is 978 g/mol. The maximum atomic E-state index is 11.9. The molecule has 0 bridgehead atoms. The summed E-state index contributed by atoms with van der Waals surface area (Å²) in [5, 5.41) is 42.2. The molecule has 0 heterocycles. The van der Waals surface area contributed by atoms with E-state index in [2.05, 4.69) is 31.1 Å². The maximum Gasteiger partial charge on any atom is 2.00 e. The van der Waals surface area contributed by atoms with Crippen LogP contribution < -0.4 is 20.1 Å². The number of anilines is 2. The van der Waals surface area contributed by atoms with Gasteiger partial charge in [0.05, 0.1) is 58.1 Å². The Bertz CT molecular complexity index is 2480. The monoisotopic (exact) mass is 1010 g/mol. The van der Waals surface area contributed by atoms with Gasteiger partial charge in [0.2, 0.25) is 11.8 Å². The number of methoxy groups -OCH3 is 2. The predicted molar refractivity (Wildman–Crippen MR) is 210 cm³/mol. The van der Waals surface area contributed by atoms with Crippen LogP contribution in [-0.4, -0.2) is 122 Å². The van der Waals surface area contributed by atoms with E-state index in [0.717, 1.165) is 36.4 Å². The maximum absolute atomic E-state index is 11.9. The molecule has 0 aromatic heterocycles. The van der Waals surface area contributed by atoms with E-state index < -0.39 is 74.4 Å². The number of ketones is 2. The number of hydrogen-bond donors (Lipinski definition) is 2. The van der Waals surface area contributed by atoms with Crippen LogP contribution >= 0.6 is 0 Å². The van der Waals surface area contributed by atoms with E-state index in [1.807, 2.05) is 0 Å². The summed E-state index contributed by atoms with van der Waals surface area (Å²) >= 11 is 0. The average Bonchev–Trinajstić information content (AvgIpc) is 3.15. The number of carbonyl (C=O) groups excluding carboxylic acids is 4. The van der Waals surface area contributed by atoms with Crippen molar-refractivity contribution in [2.24, 2.45) is 20.5 Å². The molecule has 2 amide bonds. The summed E-state index contributed by atoms with van der Waals surface area (Å²) < 4.78 is 77.2. The molecule has 24 nitrogen and oxygen atoms in total. The zero-order valence-corrected chi connectivity index (χ0v) is 38.2. The van der Waals surface area contributed by atoms with Gasteiger partial charge in [0, 0.05) is 24.3 Å². The fourth-order valence-corrected chi connectivity index (χ4v) is 5.48. The summed E-state index contributed by atoms with van der Waals surface area (Å²) in [5.41, 5.74) is -1.85. The molecule has 0 aliphatic carbocycles. The summed E-state index contributed by atoms with van der Waals surface area (Å²) in [4.78, 5) is 65.3. The largest absolute Gasteiger partial charge is 2.00 e. The van der Waals surface area contributed by atoms with Crippen LogP contribution in [-0.2, 0) is 39.4 Å². The Labute approximate surface area is 385 Å². The van der Waals surface area contributed by atoms with E-state index in [0.29, 0.717) is 11.5 Å². The molecule has 0 saturated carbocycles. The Balaban J connectivity index is 0.000000413. The number of ether oxygens (including phenoxy) is 2. The molecule has 2 N–H and O–H groups in total. The molecule has 0 aliphatic rings. The van der Waals surface area contributed by atoms with Crippen LogP contribution in [0.25, 0.3) is 0 Å². The van der Waals surface area contributed by atoms with Gasteiger partial charge in [-0.15, -0.1) is 20.5 Å². The van der Waals surface area contributed by atoms with Crippen molar-refractivity contribution in [1.29, 1.82) is 0 Å². The van der Waals surface area contributed by atoms with Crippen LogP contribution in [0.15, 0.2) is 103 Å². The van der Waals surface area contributed by atoms with Gasteiger partial charge < -0.3 is 29.2 Å². The second-order valence-corrected chi connectivity index (χ2v) is 14.5. The molecule has 4 aromatic rings. The number of hydrogen-bond acceptors (Lipinski definition) is 20. The van der Waals surface area contributed by atoms with E-state index in [1.54, 1.807) is 0 Å². The van der Waals surface area contributed by atoms with E-state index in [-0.39, 0.29) is 96.0 Å². The molecule has 4 rings (SSSR count). The van der Waals surface area contributed by atoms with Crippen molar-refractivity contribution in [3.05, 3.63) is 93.0 Å². The van der Waals surface area contributed by atoms with Crippen molar-refractivity contribution in [2.45, 2.75) is 36.5 Å². The Kier molecular flexibility index (Phi) is 19.1. The van der Waals surface area contributed by atoms with E-state index >= 15 is 0 Å². The van der Waals surface area contributed by atoms with Gasteiger partial charge in [-0.1, -0.05) is 0 Å². The van der Waals surface area contributed by atoms with Gasteiger partial charge in [0.25, 0.3) is 11.4 Å². The van der Waals surface area contributed by atoms with Gasteiger partial charge in [-0.2, -0.15) is 0 Å². The second-order valence-electron chi connectivity index (χ2n) is 11.7. The number of amides is 2. The first-order valence-corrected chi connectivity index (χ1v) is 19.1. The number of nitrogens with one attached hydrogen (secondary N) is 2. The molecule has 0 radical (unpaired) electrons. The SMILES string of the molecule is COc1ccc(N=Nc2cc(S(=O)(=O)[O-])ccc2[N+](=O)[O-])c(NC(=O)CC(C)=O)c1.COc1ccc(N=Nc2cc(S(=O)(=O)[O-])ccc2[N+](=O)[O-])c(NC(=O)CC(C)=O)c1.[Ba+2]. The molecule has 0 saturated heterocycles. The fraction of sp³-hybridized carbons (Fsp3) is 0.176. The normalized spacial score (nSPS) is 11.1. The van der Waals surface area contributed by atoms with Crippen LogP contribution in [0.4, 0.5) is 45.5 Å². The van der Waals surface area contributed by atoms with Crippen LogP contribution in [0.5, 0.6) is 11.5 Å². The number of carbonyl (C=O) groups is 4. The van der Waals surface area contributed by atoms with Crippen LogP contribution in [0.1, 0.15) is 26.7 Å². The zero-order chi connectivity index (χ0) is 44.9. The topological polar surface area (TPSA) is 361 Å². The molecule has 4 aromatic carbocycles. The van der Waals surface area contributed by atoms with Crippen LogP contribution in [0, 0.1) is 20.2 Å². The average molecular weight is 1010 g/mol. The van der Waals surface area contributed by atoms with Gasteiger partial charge >= 0.3 is 48.9 Å². The van der Waals surface area contributed by atoms with Crippen molar-refractivity contribution in [2.75, 3.05) is 24.9 Å². The molecule has 61 heavy (non-hydrogen) atoms. The minimum Gasteiger partial charge on any atom is -0.744 e. The summed E-state index contributed by atoms with van der Waals surface area (Å²) in [5.74, 6) is -1.31. The first kappa shape index (κ1) is 51.3. The van der Waals surface area contributed by atoms with Crippen molar-refractivity contribution in [3.8, 4) is 11.5 Å².